The van der Waals surface area contributed by atoms with Crippen LogP contribution in [0.25, 0.3) is 6.08 Å². The maximum Gasteiger partial charge on any atom is 0.244 e. The highest BCUT2D eigenvalue weighted by atomic mass is 19.2. The summed E-state index contributed by atoms with van der Waals surface area (Å²) in [6, 6.07) is 10.6. The van der Waals surface area contributed by atoms with Crippen molar-refractivity contribution in [2.45, 2.75) is 13.0 Å². The summed E-state index contributed by atoms with van der Waals surface area (Å²) in [5.74, 6) is -1.48. The molecule has 1 N–H and O–H groups in total. The lowest BCUT2D eigenvalue weighted by molar-refractivity contribution is -0.117. The van der Waals surface area contributed by atoms with Gasteiger partial charge in [-0.1, -0.05) is 24.3 Å². The van der Waals surface area contributed by atoms with Gasteiger partial charge in [-0.05, 0) is 36.8 Å². The van der Waals surface area contributed by atoms with Gasteiger partial charge in [-0.3, -0.25) is 9.78 Å². The van der Waals surface area contributed by atoms with Gasteiger partial charge in [-0.2, -0.15) is 0 Å². The van der Waals surface area contributed by atoms with Crippen LogP contribution in [0.3, 0.4) is 0 Å². The Hall–Kier alpha value is -3.61. The predicted molar refractivity (Wildman–Crippen MR) is 100 cm³/mol. The summed E-state index contributed by atoms with van der Waals surface area (Å²) in [7, 11) is 0. The average Bonchev–Trinajstić information content (AvgIpc) is 2.70. The summed E-state index contributed by atoms with van der Waals surface area (Å²) in [5, 5.41) is 2.77. The van der Waals surface area contributed by atoms with E-state index in [1.165, 1.54) is 30.6 Å². The zero-order valence-electron chi connectivity index (χ0n) is 15.0. The minimum atomic E-state index is -0.992. The number of aromatic nitrogens is 2. The fourth-order valence-corrected chi connectivity index (χ4v) is 2.47. The number of nitrogens with zero attached hydrogens (tertiary/aromatic N) is 2. The first-order chi connectivity index (χ1) is 13.5. The third-order valence-corrected chi connectivity index (χ3v) is 3.87. The Bertz CT molecular complexity index is 994. The average molecular weight is 381 g/mol. The summed E-state index contributed by atoms with van der Waals surface area (Å²) in [6.07, 6.45) is 6.95. The van der Waals surface area contributed by atoms with Crippen LogP contribution < -0.4 is 10.1 Å². The molecule has 0 aliphatic heterocycles. The molecule has 2 aromatic carbocycles. The molecule has 0 bridgehead atoms. The van der Waals surface area contributed by atoms with Gasteiger partial charge in [0, 0.05) is 24.0 Å². The number of carbonyl (C=O) groups is 1. The van der Waals surface area contributed by atoms with Crippen molar-refractivity contribution >= 4 is 12.0 Å². The van der Waals surface area contributed by atoms with E-state index in [1.807, 2.05) is 6.07 Å². The van der Waals surface area contributed by atoms with Crippen LogP contribution in [0.2, 0.25) is 0 Å². The first-order valence-corrected chi connectivity index (χ1v) is 8.49. The van der Waals surface area contributed by atoms with Gasteiger partial charge in [0.25, 0.3) is 0 Å². The monoisotopic (exact) mass is 381 g/mol. The zero-order valence-corrected chi connectivity index (χ0v) is 15.0. The Morgan fingerprint density at radius 3 is 2.79 bits per heavy atom. The smallest absolute Gasteiger partial charge is 0.244 e. The SMILES string of the molecule is CC(NC(=O)/C=C/c1cccc(F)c1F)c1cccc(Oc2cnccn2)c1. The van der Waals surface area contributed by atoms with Crippen LogP contribution in [0.1, 0.15) is 24.1 Å². The van der Waals surface area contributed by atoms with Crippen molar-refractivity contribution < 1.29 is 18.3 Å². The summed E-state index contributed by atoms with van der Waals surface area (Å²) in [6.45, 7) is 1.80. The van der Waals surface area contributed by atoms with E-state index in [-0.39, 0.29) is 11.6 Å². The molecule has 1 amide bonds. The Morgan fingerprint density at radius 1 is 1.18 bits per heavy atom. The van der Waals surface area contributed by atoms with Crippen LogP contribution in [0.15, 0.2) is 67.1 Å². The van der Waals surface area contributed by atoms with E-state index in [4.69, 9.17) is 4.74 Å². The zero-order chi connectivity index (χ0) is 19.9. The maximum atomic E-state index is 13.6. The number of rotatable bonds is 6. The molecule has 0 saturated carbocycles. The number of benzene rings is 2. The lowest BCUT2D eigenvalue weighted by Crippen LogP contribution is -2.24. The van der Waals surface area contributed by atoms with E-state index in [1.54, 1.807) is 31.3 Å². The highest BCUT2D eigenvalue weighted by Gasteiger charge is 2.10. The molecule has 3 aromatic rings. The normalized spacial score (nSPS) is 12.0. The minimum Gasteiger partial charge on any atom is -0.437 e. The standard InChI is InChI=1S/C21H17F2N3O2/c1-14(26-19(27)9-8-15-4-3-7-18(22)21(15)23)16-5-2-6-17(12-16)28-20-13-24-10-11-25-20/h2-14H,1H3,(H,26,27)/b9-8+. The van der Waals surface area contributed by atoms with Crippen molar-refractivity contribution in [2.75, 3.05) is 0 Å². The second-order valence-electron chi connectivity index (χ2n) is 5.92. The van der Waals surface area contributed by atoms with Crippen molar-refractivity contribution in [1.82, 2.24) is 15.3 Å². The second kappa shape index (κ2) is 8.85. The quantitative estimate of drug-likeness (QED) is 0.641. The van der Waals surface area contributed by atoms with Crippen LogP contribution in [-0.2, 0) is 4.79 Å². The first kappa shape index (κ1) is 19.2. The van der Waals surface area contributed by atoms with Gasteiger partial charge in [0.1, 0.15) is 5.75 Å². The van der Waals surface area contributed by atoms with Crippen molar-refractivity contribution in [1.29, 1.82) is 0 Å². The second-order valence-corrected chi connectivity index (χ2v) is 5.92. The van der Waals surface area contributed by atoms with E-state index in [2.05, 4.69) is 15.3 Å². The molecule has 0 spiro atoms. The summed E-state index contributed by atoms with van der Waals surface area (Å²) >= 11 is 0. The molecule has 0 aliphatic carbocycles. The molecule has 1 aromatic heterocycles. The molecular weight excluding hydrogens is 364 g/mol. The fraction of sp³-hybridized carbons (Fsp3) is 0.0952. The largest absolute Gasteiger partial charge is 0.437 e. The number of amides is 1. The molecule has 28 heavy (non-hydrogen) atoms. The van der Waals surface area contributed by atoms with E-state index in [0.29, 0.717) is 11.6 Å². The molecule has 0 saturated heterocycles. The molecule has 5 nitrogen and oxygen atoms in total. The molecular formula is C21H17F2N3O2. The Balaban J connectivity index is 1.64. The van der Waals surface area contributed by atoms with Crippen LogP contribution >= 0.6 is 0 Å². The molecule has 0 fully saturated rings. The molecule has 0 aliphatic rings. The van der Waals surface area contributed by atoms with Crippen molar-refractivity contribution in [3.8, 4) is 11.6 Å². The number of nitrogens with one attached hydrogen (secondary N) is 1. The Labute approximate surface area is 160 Å². The fourth-order valence-electron chi connectivity index (χ4n) is 2.47. The summed E-state index contributed by atoms with van der Waals surface area (Å²) in [4.78, 5) is 20.1. The molecule has 1 unspecified atom stereocenters. The molecule has 142 valence electrons. The van der Waals surface area contributed by atoms with Crippen molar-refractivity contribution in [3.05, 3.63) is 89.9 Å². The topological polar surface area (TPSA) is 64.1 Å². The van der Waals surface area contributed by atoms with Gasteiger partial charge in [-0.25, -0.2) is 13.8 Å². The molecule has 3 rings (SSSR count). The van der Waals surface area contributed by atoms with Crippen LogP contribution in [0.5, 0.6) is 11.6 Å². The lowest BCUT2D eigenvalue weighted by atomic mass is 10.1. The van der Waals surface area contributed by atoms with Gasteiger partial charge in [0.15, 0.2) is 11.6 Å². The van der Waals surface area contributed by atoms with Gasteiger partial charge < -0.3 is 10.1 Å². The van der Waals surface area contributed by atoms with Gasteiger partial charge in [0.05, 0.1) is 12.2 Å². The predicted octanol–water partition coefficient (Wildman–Crippen LogP) is 4.44. The highest BCUT2D eigenvalue weighted by molar-refractivity contribution is 5.92. The third-order valence-electron chi connectivity index (χ3n) is 3.87. The van der Waals surface area contributed by atoms with Crippen molar-refractivity contribution in [2.24, 2.45) is 0 Å². The van der Waals surface area contributed by atoms with E-state index in [9.17, 15) is 13.6 Å². The number of halogens is 2. The Morgan fingerprint density at radius 2 is 2.00 bits per heavy atom. The van der Waals surface area contributed by atoms with Gasteiger partial charge in [0.2, 0.25) is 11.8 Å². The Kier molecular flexibility index (Phi) is 6.06. The van der Waals surface area contributed by atoms with Gasteiger partial charge >= 0.3 is 0 Å². The number of hydrogen-bond donors (Lipinski definition) is 1. The lowest BCUT2D eigenvalue weighted by Gasteiger charge is -2.14. The molecule has 1 heterocycles. The van der Waals surface area contributed by atoms with Crippen molar-refractivity contribution in [3.63, 3.8) is 0 Å². The maximum absolute atomic E-state index is 13.6. The first-order valence-electron chi connectivity index (χ1n) is 8.49. The van der Waals surface area contributed by atoms with E-state index < -0.39 is 17.5 Å². The molecule has 1 atom stereocenters. The number of ether oxygens (including phenoxy) is 1. The number of carbonyl (C=O) groups excluding carboxylic acids is 1. The molecule has 7 heteroatoms. The number of hydrogen-bond acceptors (Lipinski definition) is 4. The van der Waals surface area contributed by atoms with Crippen LogP contribution in [-0.4, -0.2) is 15.9 Å². The van der Waals surface area contributed by atoms with Crippen LogP contribution in [0.4, 0.5) is 8.78 Å². The van der Waals surface area contributed by atoms with Gasteiger partial charge in [-0.15, -0.1) is 0 Å². The summed E-state index contributed by atoms with van der Waals surface area (Å²) < 4.78 is 32.4. The van der Waals surface area contributed by atoms with E-state index in [0.717, 1.165) is 17.7 Å². The minimum absolute atomic E-state index is 0.00201. The molecule has 0 radical (unpaired) electrons. The third kappa shape index (κ3) is 4.97. The highest BCUT2D eigenvalue weighted by Crippen LogP contribution is 2.23. The van der Waals surface area contributed by atoms with Crippen LogP contribution in [0, 0.1) is 11.6 Å². The van der Waals surface area contributed by atoms with E-state index >= 15 is 0 Å². The summed E-state index contributed by atoms with van der Waals surface area (Å²) in [5.41, 5.74) is 0.808.